The number of aromatic nitrogens is 1. The van der Waals surface area contributed by atoms with Crippen molar-refractivity contribution in [3.05, 3.63) is 81.1 Å². The Balaban J connectivity index is 1.62. The molecule has 1 aliphatic heterocycles. The molecule has 0 radical (unpaired) electrons. The van der Waals surface area contributed by atoms with Crippen LogP contribution < -0.4 is 19.1 Å². The van der Waals surface area contributed by atoms with Crippen molar-refractivity contribution in [1.82, 2.24) is 4.72 Å². The Morgan fingerprint density at radius 1 is 1.04 bits per heavy atom. The molecule has 1 aliphatic rings. The first-order valence-electron chi connectivity index (χ1n) is 13.9. The van der Waals surface area contributed by atoms with E-state index in [1.54, 1.807) is 16.7 Å². The lowest BCUT2D eigenvalue weighted by molar-refractivity contribution is -0.655. The van der Waals surface area contributed by atoms with Crippen LogP contribution in [0.5, 0.6) is 0 Å². The zero-order valence-corrected chi connectivity index (χ0v) is 28.5. The number of sulfonamides is 1. The van der Waals surface area contributed by atoms with E-state index in [0.29, 0.717) is 21.6 Å². The summed E-state index contributed by atoms with van der Waals surface area (Å²) >= 11 is 14.2. The summed E-state index contributed by atoms with van der Waals surface area (Å²) in [5, 5.41) is 3.46. The summed E-state index contributed by atoms with van der Waals surface area (Å²) in [6.45, 7) is 4.44. The number of allylic oxidation sites excluding steroid dienone is 2. The van der Waals surface area contributed by atoms with E-state index in [-0.39, 0.29) is 19.5 Å². The number of benzene rings is 3. The molecule has 1 N–H and O–H groups in total. The molecule has 0 aliphatic carbocycles. The molecule has 3 aromatic carbocycles. The fraction of sp³-hybridized carbons (Fsp3) is 0.267. The highest BCUT2D eigenvalue weighted by atomic mass is 35.5. The summed E-state index contributed by atoms with van der Waals surface area (Å²) in [6, 6.07) is 15.2. The van der Waals surface area contributed by atoms with Crippen molar-refractivity contribution < 1.29 is 30.7 Å². The van der Waals surface area contributed by atoms with Crippen molar-refractivity contribution in [2.24, 2.45) is 0 Å². The van der Waals surface area contributed by atoms with Crippen LogP contribution in [-0.4, -0.2) is 52.4 Å². The second-order valence-corrected chi connectivity index (χ2v) is 15.7. The first kappa shape index (κ1) is 33.2. The molecule has 5 rings (SSSR count). The molecule has 45 heavy (non-hydrogen) atoms. The summed E-state index contributed by atoms with van der Waals surface area (Å²) in [5.74, 6) is -0.451. The molecule has 10 nitrogen and oxygen atoms in total. The first-order chi connectivity index (χ1) is 21.1. The van der Waals surface area contributed by atoms with Gasteiger partial charge in [0.25, 0.3) is 10.9 Å². The number of fused-ring (bicyclic) bond motifs is 4. The molecule has 2 heterocycles. The van der Waals surface area contributed by atoms with E-state index in [9.17, 15) is 26.2 Å². The van der Waals surface area contributed by atoms with Gasteiger partial charge in [-0.1, -0.05) is 58.8 Å². The van der Waals surface area contributed by atoms with Crippen LogP contribution in [0.1, 0.15) is 25.3 Å². The fourth-order valence-electron chi connectivity index (χ4n) is 5.40. The minimum Gasteiger partial charge on any atom is -0.748 e. The van der Waals surface area contributed by atoms with E-state index < -0.39 is 31.8 Å². The molecule has 0 fully saturated rings. The molecular weight excluding hydrogens is 679 g/mol. The molecular formula is C30H30Cl2N4O6S3. The van der Waals surface area contributed by atoms with Gasteiger partial charge in [0.2, 0.25) is 22.1 Å². The summed E-state index contributed by atoms with van der Waals surface area (Å²) in [6.07, 6.45) is 4.88. The zero-order valence-electron chi connectivity index (χ0n) is 24.6. The van der Waals surface area contributed by atoms with Crippen LogP contribution in [0.15, 0.2) is 66.0 Å². The Morgan fingerprint density at radius 2 is 1.71 bits per heavy atom. The SMILES string of the molecule is CCN1/C(=C\C(C)=C/c2sc3c4ccccc4ccc3[n+]2CC(=O)NS(C)(=O)=O)N(CCCS(=O)(=O)[O-])c2cc(Cl)c(Cl)cc21. The van der Waals surface area contributed by atoms with Crippen LogP contribution >= 0.6 is 34.5 Å². The van der Waals surface area contributed by atoms with Crippen molar-refractivity contribution >= 4 is 99.0 Å². The monoisotopic (exact) mass is 708 g/mol. The summed E-state index contributed by atoms with van der Waals surface area (Å²) in [4.78, 5) is 16.7. The number of thiazole rings is 1. The number of hydrogen-bond donors (Lipinski definition) is 1. The van der Waals surface area contributed by atoms with Crippen LogP contribution in [-0.2, 0) is 31.5 Å². The molecule has 1 amide bonds. The quantitative estimate of drug-likeness (QED) is 0.175. The average molecular weight is 710 g/mol. The molecule has 4 aromatic rings. The number of nitrogens with one attached hydrogen (secondary N) is 1. The van der Waals surface area contributed by atoms with E-state index in [1.165, 1.54) is 11.3 Å². The summed E-state index contributed by atoms with van der Waals surface area (Å²) in [7, 11) is -8.16. The van der Waals surface area contributed by atoms with Gasteiger partial charge >= 0.3 is 0 Å². The van der Waals surface area contributed by atoms with Gasteiger partial charge in [-0.05, 0) is 55.5 Å². The topological polar surface area (TPSA) is 131 Å². The third-order valence-corrected chi connectivity index (χ3v) is 10.5. The van der Waals surface area contributed by atoms with E-state index >= 15 is 0 Å². The number of hydrogen-bond acceptors (Lipinski definition) is 9. The molecule has 0 saturated heterocycles. The molecule has 0 atom stereocenters. The Kier molecular flexibility index (Phi) is 9.50. The fourth-order valence-corrected chi connectivity index (χ4v) is 7.98. The molecule has 0 unspecified atom stereocenters. The normalized spacial score (nSPS) is 15.0. The van der Waals surface area contributed by atoms with Gasteiger partial charge in [-0.25, -0.2) is 21.6 Å². The summed E-state index contributed by atoms with van der Waals surface area (Å²) < 4.78 is 62.4. The first-order valence-corrected chi connectivity index (χ1v) is 18.9. The molecule has 15 heteroatoms. The maximum Gasteiger partial charge on any atom is 0.299 e. The predicted molar refractivity (Wildman–Crippen MR) is 180 cm³/mol. The van der Waals surface area contributed by atoms with Gasteiger partial charge in [-0.2, -0.15) is 4.57 Å². The Morgan fingerprint density at radius 3 is 2.36 bits per heavy atom. The number of halogens is 2. The van der Waals surface area contributed by atoms with E-state index in [1.807, 2.05) is 72.2 Å². The zero-order chi connectivity index (χ0) is 32.7. The van der Waals surface area contributed by atoms with Gasteiger partial charge in [0, 0.05) is 36.4 Å². The van der Waals surface area contributed by atoms with Gasteiger partial charge in [0.05, 0.1) is 37.8 Å². The molecule has 0 saturated carbocycles. The summed E-state index contributed by atoms with van der Waals surface area (Å²) in [5.41, 5.74) is 3.09. The minimum absolute atomic E-state index is 0.0992. The number of carbonyl (C=O) groups is 1. The minimum atomic E-state index is -4.40. The van der Waals surface area contributed by atoms with Crippen LogP contribution in [0, 0.1) is 0 Å². The van der Waals surface area contributed by atoms with E-state index in [4.69, 9.17) is 23.2 Å². The van der Waals surface area contributed by atoms with Crippen LogP contribution in [0.2, 0.25) is 10.0 Å². The number of nitrogens with zero attached hydrogens (tertiary/aromatic N) is 3. The largest absolute Gasteiger partial charge is 0.748 e. The van der Waals surface area contributed by atoms with Crippen molar-refractivity contribution in [3.8, 4) is 0 Å². The van der Waals surface area contributed by atoms with Crippen molar-refractivity contribution in [2.75, 3.05) is 34.9 Å². The smallest absolute Gasteiger partial charge is 0.299 e. The lowest BCUT2D eigenvalue weighted by atomic mass is 10.1. The highest BCUT2D eigenvalue weighted by Gasteiger charge is 2.32. The van der Waals surface area contributed by atoms with Crippen molar-refractivity contribution in [1.29, 1.82) is 0 Å². The predicted octanol–water partition coefficient (Wildman–Crippen LogP) is 5.25. The number of anilines is 2. The van der Waals surface area contributed by atoms with Gasteiger partial charge in [0.1, 0.15) is 10.5 Å². The van der Waals surface area contributed by atoms with Crippen molar-refractivity contribution in [2.45, 2.75) is 26.8 Å². The number of carbonyl (C=O) groups excluding carboxylic acids is 1. The number of rotatable bonds is 10. The lowest BCUT2D eigenvalue weighted by Crippen LogP contribution is -2.45. The van der Waals surface area contributed by atoms with Crippen LogP contribution in [0.25, 0.3) is 27.1 Å². The highest BCUT2D eigenvalue weighted by molar-refractivity contribution is 7.89. The second kappa shape index (κ2) is 12.9. The maximum atomic E-state index is 12.8. The Hall–Kier alpha value is -3.20. The standard InChI is InChI=1S/C30H30Cl2N4O6S3/c1-4-34-25-16-22(31)23(32)17-26(25)35(12-7-13-45(40,41)42)28(34)14-19(2)15-29-36(18-27(37)33-44(3,38)39)24-11-10-20-8-5-6-9-21(20)30(24)43-29/h5-6,8-11,14-17H,4,7,12-13,18H2,1-3H3,(H-,33,37,40,41,42). The van der Waals surface area contributed by atoms with Crippen molar-refractivity contribution in [3.63, 3.8) is 0 Å². The third kappa shape index (κ3) is 7.45. The molecule has 238 valence electrons. The Bertz CT molecular complexity index is 2110. The van der Waals surface area contributed by atoms with E-state index in [2.05, 4.69) is 4.72 Å². The van der Waals surface area contributed by atoms with Gasteiger partial charge < -0.3 is 14.4 Å². The maximum absolute atomic E-state index is 12.8. The van der Waals surface area contributed by atoms with E-state index in [0.717, 1.165) is 50.0 Å². The Labute approximate surface area is 276 Å². The van der Waals surface area contributed by atoms with Gasteiger partial charge in [0.15, 0.2) is 0 Å². The van der Waals surface area contributed by atoms with Crippen LogP contribution in [0.3, 0.4) is 0 Å². The van der Waals surface area contributed by atoms with Gasteiger partial charge in [-0.15, -0.1) is 0 Å². The lowest BCUT2D eigenvalue weighted by Gasteiger charge is -2.25. The average Bonchev–Trinajstić information content (AvgIpc) is 3.41. The molecule has 0 bridgehead atoms. The van der Waals surface area contributed by atoms with Gasteiger partial charge in [-0.3, -0.25) is 4.79 Å². The molecule has 1 aromatic heterocycles. The highest BCUT2D eigenvalue weighted by Crippen LogP contribution is 2.46. The number of amides is 1. The second-order valence-electron chi connectivity index (χ2n) is 10.6. The van der Waals surface area contributed by atoms with Crippen LogP contribution in [0.4, 0.5) is 11.4 Å². The third-order valence-electron chi connectivity index (χ3n) is 7.18. The molecule has 0 spiro atoms.